The Morgan fingerprint density at radius 2 is 1.17 bits per heavy atom. The number of unbranched alkanes of at least 4 members (excludes halogenated alkanes) is 2. The molecule has 41 heavy (non-hydrogen) atoms. The largest absolute Gasteiger partial charge is 0.396 e. The van der Waals surface area contributed by atoms with Crippen molar-refractivity contribution >= 4 is 22.7 Å². The van der Waals surface area contributed by atoms with Crippen LogP contribution in [0.15, 0.2) is 36.4 Å². The molecule has 0 bridgehead atoms. The van der Waals surface area contributed by atoms with E-state index >= 15 is 0 Å². The molecule has 2 aromatic carbocycles. The van der Waals surface area contributed by atoms with Crippen molar-refractivity contribution in [1.29, 1.82) is 0 Å². The summed E-state index contributed by atoms with van der Waals surface area (Å²) in [5, 5.41) is 18.6. The van der Waals surface area contributed by atoms with Gasteiger partial charge in [-0.15, -0.1) is 0 Å². The van der Waals surface area contributed by atoms with Crippen molar-refractivity contribution in [2.45, 2.75) is 71.6 Å². The number of quaternary nitrogens is 2. The topological polar surface area (TPSA) is 46.9 Å². The van der Waals surface area contributed by atoms with Crippen LogP contribution in [0.3, 0.4) is 0 Å². The molecule has 0 radical (unpaired) electrons. The minimum atomic E-state index is 0.0871. The fraction of sp³-hybridized carbons (Fsp3) is 0.657. The quantitative estimate of drug-likeness (QED) is 0.183. The lowest BCUT2D eigenvalue weighted by Crippen LogP contribution is -2.42. The second-order valence-corrected chi connectivity index (χ2v) is 14.5. The van der Waals surface area contributed by atoms with Crippen molar-refractivity contribution in [1.82, 2.24) is 0 Å². The predicted molar refractivity (Wildman–Crippen MR) is 176 cm³/mol. The molecule has 6 heteroatoms. The van der Waals surface area contributed by atoms with E-state index in [1.807, 2.05) is 0 Å². The highest BCUT2D eigenvalue weighted by molar-refractivity contribution is 5.94. The Hall–Kier alpha value is -2.12. The maximum atomic E-state index is 9.29. The molecule has 0 aliphatic carbocycles. The SMILES string of the molecule is Cc1cccc2c1N(CCCC[N+](C)(C)CCCO)c1cc(C(C)(C)C)ccc1N2CCCC[N+](C)(C)CCCO. The number of aliphatic hydroxyl groups excluding tert-OH is 2. The van der Waals surface area contributed by atoms with Gasteiger partial charge in [-0.1, -0.05) is 39.0 Å². The van der Waals surface area contributed by atoms with E-state index in [9.17, 15) is 10.2 Å². The molecule has 0 spiro atoms. The van der Waals surface area contributed by atoms with E-state index in [1.54, 1.807) is 0 Å². The lowest BCUT2D eigenvalue weighted by Gasteiger charge is -2.42. The fourth-order valence-corrected chi connectivity index (χ4v) is 6.21. The van der Waals surface area contributed by atoms with Crippen molar-refractivity contribution in [2.75, 3.05) is 90.5 Å². The van der Waals surface area contributed by atoms with Crippen LogP contribution in [0, 0.1) is 6.92 Å². The lowest BCUT2D eigenvalue weighted by atomic mass is 9.86. The first-order chi connectivity index (χ1) is 19.3. The van der Waals surface area contributed by atoms with Gasteiger partial charge in [0.15, 0.2) is 0 Å². The molecule has 1 aliphatic heterocycles. The molecule has 0 fully saturated rings. The van der Waals surface area contributed by atoms with Crippen LogP contribution < -0.4 is 9.80 Å². The van der Waals surface area contributed by atoms with Crippen LogP contribution in [0.5, 0.6) is 0 Å². The summed E-state index contributed by atoms with van der Waals surface area (Å²) in [6, 6.07) is 13.9. The van der Waals surface area contributed by atoms with Crippen LogP contribution in [-0.4, -0.2) is 99.9 Å². The summed E-state index contributed by atoms with van der Waals surface area (Å²) in [4.78, 5) is 5.18. The standard InChI is InChI=1S/C35H60N4O2/c1-29-16-13-17-32-34(29)37(21-10-12-23-39(7,8)25-15-27-41)33-28-30(35(2,3)4)18-19-31(33)36(32)20-9-11-22-38(5,6)24-14-26-40/h13,16-19,28,40-41H,9-12,14-15,20-27H2,1-8H3/q+2. The van der Waals surface area contributed by atoms with Crippen LogP contribution in [0.4, 0.5) is 22.7 Å². The molecule has 0 atom stereocenters. The summed E-state index contributed by atoms with van der Waals surface area (Å²) >= 11 is 0. The third-order valence-electron chi connectivity index (χ3n) is 8.83. The number of fused-ring (bicyclic) bond motifs is 2. The summed E-state index contributed by atoms with van der Waals surface area (Å²) in [7, 11) is 9.13. The van der Waals surface area contributed by atoms with Crippen LogP contribution in [0.2, 0.25) is 0 Å². The number of benzene rings is 2. The van der Waals surface area contributed by atoms with Crippen LogP contribution >= 0.6 is 0 Å². The number of nitrogens with zero attached hydrogens (tertiary/aromatic N) is 4. The van der Waals surface area contributed by atoms with Crippen molar-refractivity contribution in [2.24, 2.45) is 0 Å². The molecule has 2 N–H and O–H groups in total. The maximum absolute atomic E-state index is 9.29. The van der Waals surface area contributed by atoms with Crippen molar-refractivity contribution in [3.63, 3.8) is 0 Å². The summed E-state index contributed by atoms with van der Waals surface area (Å²) in [5.74, 6) is 0. The number of anilines is 4. The number of hydrogen-bond donors (Lipinski definition) is 2. The van der Waals surface area contributed by atoms with Crippen molar-refractivity contribution in [3.05, 3.63) is 47.5 Å². The Morgan fingerprint density at radius 3 is 1.71 bits per heavy atom. The molecule has 0 unspecified atom stereocenters. The van der Waals surface area contributed by atoms with Gasteiger partial charge in [0.1, 0.15) is 0 Å². The molecule has 1 aliphatic rings. The first-order valence-corrected chi connectivity index (χ1v) is 15.9. The van der Waals surface area contributed by atoms with Gasteiger partial charge in [-0.2, -0.15) is 0 Å². The molecule has 0 amide bonds. The summed E-state index contributed by atoms with van der Waals surface area (Å²) in [6.45, 7) is 16.0. The summed E-state index contributed by atoms with van der Waals surface area (Å²) in [6.07, 6.45) is 6.33. The number of para-hydroxylation sites is 1. The maximum Gasteiger partial charge on any atom is 0.0804 e. The second-order valence-electron chi connectivity index (χ2n) is 14.5. The van der Waals surface area contributed by atoms with Crippen LogP contribution in [-0.2, 0) is 5.41 Å². The number of rotatable bonds is 16. The van der Waals surface area contributed by atoms with E-state index in [2.05, 4.69) is 102 Å². The Labute approximate surface area is 251 Å². The molecule has 2 aromatic rings. The van der Waals surface area contributed by atoms with Crippen LogP contribution in [0.25, 0.3) is 0 Å². The molecular formula is C35H60N4O2+2. The van der Waals surface area contributed by atoms with Gasteiger partial charge in [0.25, 0.3) is 0 Å². The lowest BCUT2D eigenvalue weighted by molar-refractivity contribution is -0.890. The summed E-state index contributed by atoms with van der Waals surface area (Å²) < 4.78 is 1.93. The zero-order chi connectivity index (χ0) is 30.3. The highest BCUT2D eigenvalue weighted by Crippen LogP contribution is 2.50. The highest BCUT2D eigenvalue weighted by Gasteiger charge is 2.31. The molecule has 0 aromatic heterocycles. The van der Waals surface area contributed by atoms with Crippen molar-refractivity contribution < 1.29 is 19.2 Å². The number of aliphatic hydroxyl groups is 2. The van der Waals surface area contributed by atoms with E-state index in [4.69, 9.17) is 0 Å². The number of hydrogen-bond acceptors (Lipinski definition) is 4. The Morgan fingerprint density at radius 1 is 0.634 bits per heavy atom. The zero-order valence-electron chi connectivity index (χ0n) is 27.5. The Kier molecular flexibility index (Phi) is 11.7. The molecule has 0 saturated carbocycles. The predicted octanol–water partition coefficient (Wildman–Crippen LogP) is 6.36. The molecular weight excluding hydrogens is 508 g/mol. The van der Waals surface area contributed by atoms with Gasteiger partial charge in [0.05, 0.1) is 77.1 Å². The fourth-order valence-electron chi connectivity index (χ4n) is 6.21. The third kappa shape index (κ3) is 9.18. The molecule has 0 saturated heterocycles. The van der Waals surface area contributed by atoms with Crippen LogP contribution in [0.1, 0.15) is 70.4 Å². The van der Waals surface area contributed by atoms with Gasteiger partial charge in [0.2, 0.25) is 0 Å². The number of aryl methyl sites for hydroxylation is 1. The van der Waals surface area contributed by atoms with Crippen molar-refractivity contribution in [3.8, 4) is 0 Å². The molecule has 1 heterocycles. The summed E-state index contributed by atoms with van der Waals surface area (Å²) in [5.41, 5.74) is 8.15. The van der Waals surface area contributed by atoms with Gasteiger partial charge in [0, 0.05) is 39.1 Å². The van der Waals surface area contributed by atoms with E-state index in [1.165, 1.54) is 46.7 Å². The van der Waals surface area contributed by atoms with E-state index < -0.39 is 0 Å². The van der Waals surface area contributed by atoms with Gasteiger partial charge in [-0.05, 0) is 67.3 Å². The minimum Gasteiger partial charge on any atom is -0.396 e. The molecule has 3 rings (SSSR count). The van der Waals surface area contributed by atoms with E-state index in [0.717, 1.165) is 73.9 Å². The Bertz CT molecular complexity index is 1110. The average Bonchev–Trinajstić information content (AvgIpc) is 2.91. The van der Waals surface area contributed by atoms with E-state index in [-0.39, 0.29) is 18.6 Å². The monoisotopic (exact) mass is 568 g/mol. The molecule has 6 nitrogen and oxygen atoms in total. The van der Waals surface area contributed by atoms with Gasteiger partial charge in [-0.25, -0.2) is 0 Å². The van der Waals surface area contributed by atoms with Gasteiger partial charge < -0.3 is 29.0 Å². The smallest absolute Gasteiger partial charge is 0.0804 e. The van der Waals surface area contributed by atoms with E-state index in [0.29, 0.717) is 0 Å². The average molecular weight is 569 g/mol. The van der Waals surface area contributed by atoms with Gasteiger partial charge >= 0.3 is 0 Å². The third-order valence-corrected chi connectivity index (χ3v) is 8.83. The molecule has 230 valence electrons. The first-order valence-electron chi connectivity index (χ1n) is 15.9. The minimum absolute atomic E-state index is 0.0871. The second kappa shape index (κ2) is 14.4. The normalized spacial score (nSPS) is 13.9. The zero-order valence-corrected chi connectivity index (χ0v) is 27.5. The first kappa shape index (κ1) is 33.4. The van der Waals surface area contributed by atoms with Gasteiger partial charge in [-0.3, -0.25) is 0 Å². The highest BCUT2D eigenvalue weighted by atomic mass is 16.3. The Balaban J connectivity index is 1.86.